The lowest BCUT2D eigenvalue weighted by Crippen LogP contribution is -2.50. The fraction of sp³-hybridized carbons (Fsp3) is 0.450. The molecular formula is C20H24N4O2. The number of hydrogen-bond acceptors (Lipinski definition) is 5. The van der Waals surface area contributed by atoms with Crippen LogP contribution < -0.4 is 4.90 Å². The number of rotatable bonds is 2. The normalized spacial score (nSPS) is 22.0. The van der Waals surface area contributed by atoms with Gasteiger partial charge in [0.2, 0.25) is 0 Å². The van der Waals surface area contributed by atoms with Gasteiger partial charge in [-0.1, -0.05) is 30.3 Å². The van der Waals surface area contributed by atoms with Gasteiger partial charge in [-0.15, -0.1) is 10.2 Å². The molecule has 2 atom stereocenters. The Morgan fingerprint density at radius 1 is 1.04 bits per heavy atom. The minimum atomic E-state index is -0.461. The number of piperazine rings is 1. The molecule has 1 amide bonds. The highest BCUT2D eigenvalue weighted by Crippen LogP contribution is 2.34. The summed E-state index contributed by atoms with van der Waals surface area (Å²) in [5.74, 6) is 0.876. The van der Waals surface area contributed by atoms with Crippen LogP contribution in [0.25, 0.3) is 11.3 Å². The number of likely N-dealkylation sites (tertiary alicyclic amines) is 1. The molecule has 0 aliphatic carbocycles. The van der Waals surface area contributed by atoms with Gasteiger partial charge in [-0.2, -0.15) is 0 Å². The summed E-state index contributed by atoms with van der Waals surface area (Å²) in [4.78, 5) is 16.5. The SMILES string of the molecule is CC(C)(C)OC(=O)N1C[C@@H]2CC1CN2c1ccc(-c2ccccc2)nn1. The number of fused-ring (bicyclic) bond motifs is 2. The zero-order valence-corrected chi connectivity index (χ0v) is 15.4. The Bertz CT molecular complexity index is 786. The summed E-state index contributed by atoms with van der Waals surface area (Å²) in [5.41, 5.74) is 1.47. The highest BCUT2D eigenvalue weighted by atomic mass is 16.6. The van der Waals surface area contributed by atoms with Crippen LogP contribution in [0.5, 0.6) is 0 Å². The van der Waals surface area contributed by atoms with Crippen LogP contribution in [0.15, 0.2) is 42.5 Å². The van der Waals surface area contributed by atoms with Crippen molar-refractivity contribution in [2.45, 2.75) is 44.9 Å². The van der Waals surface area contributed by atoms with Crippen molar-refractivity contribution >= 4 is 11.9 Å². The van der Waals surface area contributed by atoms with Gasteiger partial charge in [0, 0.05) is 18.7 Å². The van der Waals surface area contributed by atoms with Crippen molar-refractivity contribution in [2.75, 3.05) is 18.0 Å². The average Bonchev–Trinajstić information content (AvgIpc) is 3.22. The predicted octanol–water partition coefficient (Wildman–Crippen LogP) is 3.34. The predicted molar refractivity (Wildman–Crippen MR) is 99.9 cm³/mol. The van der Waals surface area contributed by atoms with Gasteiger partial charge in [0.15, 0.2) is 5.82 Å². The zero-order chi connectivity index (χ0) is 18.3. The molecule has 0 radical (unpaired) electrons. The van der Waals surface area contributed by atoms with Gasteiger partial charge >= 0.3 is 6.09 Å². The Morgan fingerprint density at radius 3 is 2.38 bits per heavy atom. The third kappa shape index (κ3) is 3.23. The monoisotopic (exact) mass is 352 g/mol. The van der Waals surface area contributed by atoms with E-state index >= 15 is 0 Å². The number of carbonyl (C=O) groups is 1. The van der Waals surface area contributed by atoms with Crippen LogP contribution >= 0.6 is 0 Å². The van der Waals surface area contributed by atoms with E-state index in [2.05, 4.69) is 15.1 Å². The van der Waals surface area contributed by atoms with E-state index in [1.807, 2.05) is 68.1 Å². The number of aromatic nitrogens is 2. The Kier molecular flexibility index (Phi) is 4.05. The molecule has 0 saturated carbocycles. The summed E-state index contributed by atoms with van der Waals surface area (Å²) in [6.07, 6.45) is 0.747. The molecule has 4 rings (SSSR count). The van der Waals surface area contributed by atoms with Crippen LogP contribution in [0.2, 0.25) is 0 Å². The lowest BCUT2D eigenvalue weighted by Gasteiger charge is -2.35. The summed E-state index contributed by atoms with van der Waals surface area (Å²) >= 11 is 0. The van der Waals surface area contributed by atoms with Gasteiger partial charge < -0.3 is 14.5 Å². The maximum absolute atomic E-state index is 12.4. The molecule has 2 fully saturated rings. The number of carbonyl (C=O) groups excluding carboxylic acids is 1. The molecule has 0 N–H and O–H groups in total. The number of ether oxygens (including phenoxy) is 1. The van der Waals surface area contributed by atoms with E-state index in [0.717, 1.165) is 30.0 Å². The second-order valence-electron chi connectivity index (χ2n) is 7.97. The van der Waals surface area contributed by atoms with E-state index < -0.39 is 5.60 Å². The molecule has 2 bridgehead atoms. The maximum Gasteiger partial charge on any atom is 0.410 e. The van der Waals surface area contributed by atoms with E-state index in [9.17, 15) is 4.79 Å². The lowest BCUT2D eigenvalue weighted by molar-refractivity contribution is 0.0214. The van der Waals surface area contributed by atoms with E-state index in [4.69, 9.17) is 4.74 Å². The number of amides is 1. The Labute approximate surface area is 153 Å². The van der Waals surface area contributed by atoms with Gasteiger partial charge in [-0.05, 0) is 39.3 Å². The van der Waals surface area contributed by atoms with E-state index in [1.54, 1.807) is 0 Å². The molecule has 3 heterocycles. The van der Waals surface area contributed by atoms with Crippen molar-refractivity contribution in [2.24, 2.45) is 0 Å². The van der Waals surface area contributed by atoms with Gasteiger partial charge in [-0.3, -0.25) is 0 Å². The van der Waals surface area contributed by atoms with Gasteiger partial charge in [0.1, 0.15) is 5.60 Å². The van der Waals surface area contributed by atoms with Gasteiger partial charge in [0.25, 0.3) is 0 Å². The largest absolute Gasteiger partial charge is 0.444 e. The first-order valence-electron chi connectivity index (χ1n) is 9.06. The zero-order valence-electron chi connectivity index (χ0n) is 15.4. The molecular weight excluding hydrogens is 328 g/mol. The molecule has 2 aromatic rings. The number of anilines is 1. The number of nitrogens with zero attached hydrogens (tertiary/aromatic N) is 4. The van der Waals surface area contributed by atoms with Crippen LogP contribution in [0.1, 0.15) is 27.2 Å². The quantitative estimate of drug-likeness (QED) is 0.830. The smallest absolute Gasteiger partial charge is 0.410 e. The highest BCUT2D eigenvalue weighted by Gasteiger charge is 2.47. The van der Waals surface area contributed by atoms with E-state index in [1.165, 1.54) is 0 Å². The maximum atomic E-state index is 12.4. The highest BCUT2D eigenvalue weighted by molar-refractivity contribution is 5.70. The molecule has 1 unspecified atom stereocenters. The van der Waals surface area contributed by atoms with Crippen molar-refractivity contribution in [3.8, 4) is 11.3 Å². The minimum absolute atomic E-state index is 0.186. The van der Waals surface area contributed by atoms with Crippen molar-refractivity contribution in [1.29, 1.82) is 0 Å². The Hall–Kier alpha value is -2.63. The Balaban J connectivity index is 1.43. The molecule has 0 spiro atoms. The van der Waals surface area contributed by atoms with Crippen molar-refractivity contribution in [3.63, 3.8) is 0 Å². The van der Waals surface area contributed by atoms with Crippen LogP contribution in [0.3, 0.4) is 0 Å². The Morgan fingerprint density at radius 2 is 1.81 bits per heavy atom. The molecule has 2 aliphatic rings. The first kappa shape index (κ1) is 16.8. The number of hydrogen-bond donors (Lipinski definition) is 0. The molecule has 2 saturated heterocycles. The molecule has 2 aliphatic heterocycles. The fourth-order valence-corrected chi connectivity index (χ4v) is 3.73. The molecule has 136 valence electrons. The summed E-state index contributed by atoms with van der Waals surface area (Å²) < 4.78 is 5.52. The standard InChI is InChI=1S/C20H24N4O2/c1-20(2,3)26-19(25)24-13-15-11-16(24)12-23(15)18-10-9-17(21-22-18)14-7-5-4-6-8-14/h4-10,15-16H,11-13H2,1-3H3/t15-,16?/m0/s1. The molecule has 6 heteroatoms. The third-order valence-electron chi connectivity index (χ3n) is 4.88. The first-order valence-corrected chi connectivity index (χ1v) is 9.06. The lowest BCUT2D eigenvalue weighted by atomic mass is 10.1. The van der Waals surface area contributed by atoms with Crippen LogP contribution in [-0.2, 0) is 4.74 Å². The molecule has 6 nitrogen and oxygen atoms in total. The molecule has 1 aromatic heterocycles. The third-order valence-corrected chi connectivity index (χ3v) is 4.88. The average molecular weight is 352 g/mol. The van der Waals surface area contributed by atoms with Crippen molar-refractivity contribution in [1.82, 2.24) is 15.1 Å². The van der Waals surface area contributed by atoms with Gasteiger partial charge in [-0.25, -0.2) is 4.79 Å². The second kappa shape index (κ2) is 6.27. The topological polar surface area (TPSA) is 58.6 Å². The summed E-state index contributed by atoms with van der Waals surface area (Å²) in [7, 11) is 0. The second-order valence-corrected chi connectivity index (χ2v) is 7.97. The number of benzene rings is 1. The van der Waals surface area contributed by atoms with Crippen molar-refractivity contribution in [3.05, 3.63) is 42.5 Å². The fourth-order valence-electron chi connectivity index (χ4n) is 3.73. The van der Waals surface area contributed by atoms with E-state index in [-0.39, 0.29) is 18.2 Å². The van der Waals surface area contributed by atoms with Gasteiger partial charge in [0.05, 0.1) is 17.8 Å². The van der Waals surface area contributed by atoms with E-state index in [0.29, 0.717) is 6.54 Å². The first-order chi connectivity index (χ1) is 12.4. The minimum Gasteiger partial charge on any atom is -0.444 e. The van der Waals surface area contributed by atoms with Crippen LogP contribution in [0.4, 0.5) is 10.6 Å². The summed E-state index contributed by atoms with van der Waals surface area (Å²) in [6, 6.07) is 14.5. The summed E-state index contributed by atoms with van der Waals surface area (Å²) in [5, 5.41) is 8.81. The van der Waals surface area contributed by atoms with Crippen LogP contribution in [-0.4, -0.2) is 52.0 Å². The van der Waals surface area contributed by atoms with Crippen molar-refractivity contribution < 1.29 is 9.53 Å². The van der Waals surface area contributed by atoms with Crippen LogP contribution in [0, 0.1) is 0 Å². The summed E-state index contributed by atoms with van der Waals surface area (Å²) in [6.45, 7) is 7.16. The molecule has 1 aromatic carbocycles. The molecule has 26 heavy (non-hydrogen) atoms.